The van der Waals surface area contributed by atoms with Crippen LogP contribution in [-0.2, 0) is 11.0 Å². The Labute approximate surface area is 196 Å². The molecule has 1 heterocycles. The lowest BCUT2D eigenvalue weighted by Crippen LogP contribution is -2.41. The van der Waals surface area contributed by atoms with Crippen LogP contribution >= 0.6 is 11.6 Å². The van der Waals surface area contributed by atoms with Crippen molar-refractivity contribution in [3.63, 3.8) is 0 Å². The number of rotatable bonds is 8. The molecule has 2 aromatic carbocycles. The smallest absolute Gasteiger partial charge is 0.417 e. The van der Waals surface area contributed by atoms with Gasteiger partial charge < -0.3 is 14.6 Å². The molecule has 0 bridgehead atoms. The van der Waals surface area contributed by atoms with Crippen molar-refractivity contribution >= 4 is 17.6 Å². The predicted molar refractivity (Wildman–Crippen MR) is 119 cm³/mol. The molecule has 0 aromatic heterocycles. The highest BCUT2D eigenvalue weighted by atomic mass is 35.5. The van der Waals surface area contributed by atoms with Gasteiger partial charge in [0.15, 0.2) is 11.5 Å². The Balaban J connectivity index is 2.12. The number of piperidine rings is 1. The van der Waals surface area contributed by atoms with Crippen LogP contribution < -0.4 is 9.47 Å². The number of halogens is 4. The van der Waals surface area contributed by atoms with Gasteiger partial charge in [0, 0.05) is 6.54 Å². The van der Waals surface area contributed by atoms with Gasteiger partial charge in [-0.25, -0.2) is 0 Å². The third kappa shape index (κ3) is 5.92. The molecule has 33 heavy (non-hydrogen) atoms. The Kier molecular flexibility index (Phi) is 8.13. The molecule has 0 radical (unpaired) electrons. The average Bonchev–Trinajstić information content (AvgIpc) is 2.76. The van der Waals surface area contributed by atoms with E-state index in [0.717, 1.165) is 6.07 Å². The van der Waals surface area contributed by atoms with Gasteiger partial charge in [-0.05, 0) is 68.6 Å². The standard InChI is InChI=1S/C24H27ClF3NO4/c1-3-32-20-10-8-16(13-21(20)33-4-2)22(29-11-5-6-17(14-29)23(30)31)15-7-9-19(25)18(12-15)24(26,27)28/h7-10,12-13,17,22H,3-6,11,14H2,1-2H3,(H,30,31). The van der Waals surface area contributed by atoms with E-state index in [1.165, 1.54) is 6.07 Å². The summed E-state index contributed by atoms with van der Waals surface area (Å²) in [6.45, 7) is 5.27. The first-order valence-corrected chi connectivity index (χ1v) is 11.3. The number of nitrogens with zero attached hydrogens (tertiary/aromatic N) is 1. The second-order valence-corrected chi connectivity index (χ2v) is 8.29. The van der Waals surface area contributed by atoms with Crippen molar-refractivity contribution in [2.45, 2.75) is 38.9 Å². The zero-order valence-electron chi connectivity index (χ0n) is 18.5. The number of ether oxygens (including phenoxy) is 2. The Bertz CT molecular complexity index is 983. The summed E-state index contributed by atoms with van der Waals surface area (Å²) in [6.07, 6.45) is -3.46. The Morgan fingerprint density at radius 2 is 1.76 bits per heavy atom. The first-order valence-electron chi connectivity index (χ1n) is 10.9. The van der Waals surface area contributed by atoms with Gasteiger partial charge in [0.2, 0.25) is 0 Å². The van der Waals surface area contributed by atoms with E-state index in [9.17, 15) is 23.1 Å². The van der Waals surface area contributed by atoms with Crippen molar-refractivity contribution in [2.24, 2.45) is 5.92 Å². The van der Waals surface area contributed by atoms with Crippen LogP contribution in [0.5, 0.6) is 11.5 Å². The first-order chi connectivity index (χ1) is 15.7. The summed E-state index contributed by atoms with van der Waals surface area (Å²) in [5.41, 5.74) is 0.141. The van der Waals surface area contributed by atoms with Crippen LogP contribution in [-0.4, -0.2) is 42.3 Å². The second kappa shape index (κ2) is 10.7. The minimum absolute atomic E-state index is 0.223. The van der Waals surface area contributed by atoms with Gasteiger partial charge in [0.1, 0.15) is 0 Å². The highest BCUT2D eigenvalue weighted by molar-refractivity contribution is 6.31. The van der Waals surface area contributed by atoms with E-state index >= 15 is 0 Å². The van der Waals surface area contributed by atoms with Gasteiger partial charge in [0.25, 0.3) is 0 Å². The van der Waals surface area contributed by atoms with Crippen LogP contribution in [0.4, 0.5) is 13.2 Å². The molecule has 0 aliphatic carbocycles. The molecule has 1 aliphatic heterocycles. The second-order valence-electron chi connectivity index (χ2n) is 7.88. The summed E-state index contributed by atoms with van der Waals surface area (Å²) >= 11 is 5.86. The van der Waals surface area contributed by atoms with Gasteiger partial charge in [-0.2, -0.15) is 13.2 Å². The molecule has 0 spiro atoms. The van der Waals surface area contributed by atoms with Crippen LogP contribution in [0.2, 0.25) is 5.02 Å². The lowest BCUT2D eigenvalue weighted by Gasteiger charge is -2.38. The monoisotopic (exact) mass is 485 g/mol. The normalized spacial score (nSPS) is 18.1. The van der Waals surface area contributed by atoms with E-state index in [1.54, 1.807) is 24.3 Å². The maximum atomic E-state index is 13.6. The minimum Gasteiger partial charge on any atom is -0.490 e. The largest absolute Gasteiger partial charge is 0.490 e. The molecule has 2 atom stereocenters. The summed E-state index contributed by atoms with van der Waals surface area (Å²) in [5.74, 6) is -0.480. The number of aliphatic carboxylic acids is 1. The maximum Gasteiger partial charge on any atom is 0.417 e. The fraction of sp³-hybridized carbons (Fsp3) is 0.458. The molecule has 1 aliphatic rings. The molecule has 1 N–H and O–H groups in total. The Morgan fingerprint density at radius 3 is 2.39 bits per heavy atom. The number of carboxylic acids is 1. The molecule has 3 rings (SSSR count). The third-order valence-corrected chi connectivity index (χ3v) is 5.99. The lowest BCUT2D eigenvalue weighted by atomic mass is 9.90. The highest BCUT2D eigenvalue weighted by Gasteiger charge is 2.36. The van der Waals surface area contributed by atoms with E-state index in [2.05, 4.69) is 0 Å². The molecule has 2 unspecified atom stereocenters. The summed E-state index contributed by atoms with van der Waals surface area (Å²) in [7, 11) is 0. The number of hydrogen-bond donors (Lipinski definition) is 1. The molecule has 2 aromatic rings. The van der Waals surface area contributed by atoms with Crippen molar-refractivity contribution in [2.75, 3.05) is 26.3 Å². The number of benzene rings is 2. The number of alkyl halides is 3. The molecular formula is C24H27ClF3NO4. The zero-order valence-corrected chi connectivity index (χ0v) is 19.2. The van der Waals surface area contributed by atoms with E-state index in [1.807, 2.05) is 18.7 Å². The fourth-order valence-electron chi connectivity index (χ4n) is 4.22. The van der Waals surface area contributed by atoms with Crippen LogP contribution in [0.15, 0.2) is 36.4 Å². The average molecular weight is 486 g/mol. The molecule has 9 heteroatoms. The van der Waals surface area contributed by atoms with E-state index in [-0.39, 0.29) is 11.6 Å². The van der Waals surface area contributed by atoms with Crippen molar-refractivity contribution in [1.29, 1.82) is 0 Å². The number of carboxylic acid groups (broad SMARTS) is 1. The lowest BCUT2D eigenvalue weighted by molar-refractivity contribution is -0.143. The molecule has 0 amide bonds. The molecule has 0 saturated carbocycles. The fourth-order valence-corrected chi connectivity index (χ4v) is 4.45. The minimum atomic E-state index is -4.61. The van der Waals surface area contributed by atoms with Crippen LogP contribution in [0.1, 0.15) is 49.4 Å². The van der Waals surface area contributed by atoms with Crippen molar-refractivity contribution in [1.82, 2.24) is 4.90 Å². The predicted octanol–water partition coefficient (Wildman–Crippen LogP) is 6.04. The van der Waals surface area contributed by atoms with Crippen molar-refractivity contribution < 1.29 is 32.5 Å². The molecule has 1 saturated heterocycles. The zero-order chi connectivity index (χ0) is 24.2. The van der Waals surface area contributed by atoms with Crippen molar-refractivity contribution in [3.05, 3.63) is 58.1 Å². The van der Waals surface area contributed by atoms with Gasteiger partial charge in [-0.15, -0.1) is 0 Å². The number of hydrogen-bond acceptors (Lipinski definition) is 4. The summed E-state index contributed by atoms with van der Waals surface area (Å²) in [5, 5.41) is 9.17. The first kappa shape index (κ1) is 25.2. The van der Waals surface area contributed by atoms with E-state index < -0.39 is 29.7 Å². The molecule has 1 fully saturated rings. The van der Waals surface area contributed by atoms with Crippen LogP contribution in [0, 0.1) is 5.92 Å². The van der Waals surface area contributed by atoms with Gasteiger partial charge >= 0.3 is 12.1 Å². The van der Waals surface area contributed by atoms with Crippen LogP contribution in [0.3, 0.4) is 0 Å². The third-order valence-electron chi connectivity index (χ3n) is 5.66. The molecule has 5 nitrogen and oxygen atoms in total. The summed E-state index contributed by atoms with van der Waals surface area (Å²) in [6, 6.07) is 8.51. The molecular weight excluding hydrogens is 459 g/mol. The number of carbonyl (C=O) groups is 1. The van der Waals surface area contributed by atoms with E-state index in [0.29, 0.717) is 55.2 Å². The quantitative estimate of drug-likeness (QED) is 0.494. The van der Waals surface area contributed by atoms with Gasteiger partial charge in [-0.3, -0.25) is 9.69 Å². The van der Waals surface area contributed by atoms with Gasteiger partial charge in [0.05, 0.1) is 35.8 Å². The Hall–Kier alpha value is -2.45. The van der Waals surface area contributed by atoms with Gasteiger partial charge in [-0.1, -0.05) is 23.7 Å². The Morgan fingerprint density at radius 1 is 1.12 bits per heavy atom. The summed E-state index contributed by atoms with van der Waals surface area (Å²) < 4.78 is 52.1. The SMILES string of the molecule is CCOc1ccc(C(c2ccc(Cl)c(C(F)(F)F)c2)N2CCCC(C(=O)O)C2)cc1OCC. The van der Waals surface area contributed by atoms with Crippen molar-refractivity contribution in [3.8, 4) is 11.5 Å². The summed E-state index contributed by atoms with van der Waals surface area (Å²) in [4.78, 5) is 13.6. The maximum absolute atomic E-state index is 13.6. The van der Waals surface area contributed by atoms with Crippen LogP contribution in [0.25, 0.3) is 0 Å². The van der Waals surface area contributed by atoms with E-state index in [4.69, 9.17) is 21.1 Å². The molecule has 180 valence electrons. The number of likely N-dealkylation sites (tertiary alicyclic amines) is 1. The highest BCUT2D eigenvalue weighted by Crippen LogP contribution is 2.41. The topological polar surface area (TPSA) is 59.0 Å².